The smallest absolute Gasteiger partial charge is 0.0697 e. The molecule has 1 saturated heterocycles. The van der Waals surface area contributed by atoms with E-state index in [4.69, 9.17) is 4.74 Å². The van der Waals surface area contributed by atoms with Gasteiger partial charge in [-0.05, 0) is 43.7 Å². The van der Waals surface area contributed by atoms with Crippen molar-refractivity contribution in [1.29, 1.82) is 0 Å². The molecule has 1 saturated carbocycles. The monoisotopic (exact) mass is 232 g/mol. The molecule has 0 aromatic carbocycles. The van der Waals surface area contributed by atoms with E-state index in [2.05, 4.69) is 16.4 Å². The van der Waals surface area contributed by atoms with Gasteiger partial charge in [-0.2, -0.15) is 0 Å². The molecule has 1 atom stereocenters. The lowest BCUT2D eigenvalue weighted by Crippen LogP contribution is -2.50. The highest BCUT2D eigenvalue weighted by Crippen LogP contribution is 2.42. The quantitative estimate of drug-likeness (QED) is 0.868. The van der Waals surface area contributed by atoms with E-state index in [1.165, 1.54) is 31.2 Å². The van der Waals surface area contributed by atoms with Gasteiger partial charge in [-0.1, -0.05) is 6.07 Å². The largest absolute Gasteiger partial charge is 0.375 e. The van der Waals surface area contributed by atoms with Gasteiger partial charge in [0.25, 0.3) is 0 Å². The number of aromatic nitrogens is 1. The molecule has 3 rings (SSSR count). The van der Waals surface area contributed by atoms with E-state index < -0.39 is 0 Å². The van der Waals surface area contributed by atoms with Crippen LogP contribution in [0.2, 0.25) is 0 Å². The first-order chi connectivity index (χ1) is 8.36. The van der Waals surface area contributed by atoms with Gasteiger partial charge in [0.1, 0.15) is 0 Å². The molecular weight excluding hydrogens is 212 g/mol. The van der Waals surface area contributed by atoms with Crippen molar-refractivity contribution in [2.45, 2.75) is 50.3 Å². The zero-order valence-corrected chi connectivity index (χ0v) is 10.2. The second kappa shape index (κ2) is 4.75. The minimum absolute atomic E-state index is 0.241. The van der Waals surface area contributed by atoms with Crippen LogP contribution in [0.25, 0.3) is 0 Å². The number of hydrogen-bond acceptors (Lipinski definition) is 3. The van der Waals surface area contributed by atoms with Gasteiger partial charge in [0, 0.05) is 31.6 Å². The Morgan fingerprint density at radius 2 is 2.41 bits per heavy atom. The molecule has 0 bridgehead atoms. The molecule has 1 N–H and O–H groups in total. The molecule has 2 fully saturated rings. The van der Waals surface area contributed by atoms with Gasteiger partial charge in [0.05, 0.1) is 5.60 Å². The Bertz CT molecular complexity index is 362. The van der Waals surface area contributed by atoms with Crippen molar-refractivity contribution in [2.75, 3.05) is 6.61 Å². The SMILES string of the molecule is c1cncc(CNC2CCOC3(CCC3)C2)c1. The molecule has 0 amide bonds. The minimum atomic E-state index is 0.241. The summed E-state index contributed by atoms with van der Waals surface area (Å²) in [6.07, 6.45) is 9.95. The first-order valence-corrected chi connectivity index (χ1v) is 6.63. The first-order valence-electron chi connectivity index (χ1n) is 6.63. The second-order valence-electron chi connectivity index (χ2n) is 5.32. The average molecular weight is 232 g/mol. The van der Waals surface area contributed by atoms with E-state index in [9.17, 15) is 0 Å². The third kappa shape index (κ3) is 2.50. The highest BCUT2D eigenvalue weighted by atomic mass is 16.5. The Balaban J connectivity index is 1.52. The average Bonchev–Trinajstić information content (AvgIpc) is 2.36. The summed E-state index contributed by atoms with van der Waals surface area (Å²) in [5.74, 6) is 0. The summed E-state index contributed by atoms with van der Waals surface area (Å²) in [5, 5.41) is 3.64. The molecule has 2 aliphatic rings. The maximum absolute atomic E-state index is 5.93. The Morgan fingerprint density at radius 1 is 1.47 bits per heavy atom. The van der Waals surface area contributed by atoms with E-state index in [1.54, 1.807) is 0 Å². The van der Waals surface area contributed by atoms with Crippen LogP contribution in [0, 0.1) is 0 Å². The summed E-state index contributed by atoms with van der Waals surface area (Å²) in [6.45, 7) is 1.85. The topological polar surface area (TPSA) is 34.2 Å². The molecule has 1 spiro atoms. The highest BCUT2D eigenvalue weighted by molar-refractivity contribution is 5.08. The number of ether oxygens (including phenoxy) is 1. The molecule has 92 valence electrons. The van der Waals surface area contributed by atoms with E-state index in [0.717, 1.165) is 19.6 Å². The van der Waals surface area contributed by atoms with Gasteiger partial charge in [-0.25, -0.2) is 0 Å². The summed E-state index contributed by atoms with van der Waals surface area (Å²) in [6, 6.07) is 4.73. The van der Waals surface area contributed by atoms with Crippen LogP contribution in [0.1, 0.15) is 37.7 Å². The Kier molecular flexibility index (Phi) is 3.12. The summed E-state index contributed by atoms with van der Waals surface area (Å²) in [5.41, 5.74) is 1.51. The maximum atomic E-state index is 5.93. The third-order valence-corrected chi connectivity index (χ3v) is 4.08. The van der Waals surface area contributed by atoms with Gasteiger partial charge in [0.15, 0.2) is 0 Å². The van der Waals surface area contributed by atoms with Gasteiger partial charge in [0.2, 0.25) is 0 Å². The zero-order valence-electron chi connectivity index (χ0n) is 10.2. The van der Waals surface area contributed by atoms with Crippen LogP contribution < -0.4 is 5.32 Å². The fraction of sp³-hybridized carbons (Fsp3) is 0.643. The highest BCUT2D eigenvalue weighted by Gasteiger charge is 2.42. The van der Waals surface area contributed by atoms with E-state index in [0.29, 0.717) is 6.04 Å². The van der Waals surface area contributed by atoms with E-state index in [1.807, 2.05) is 18.5 Å². The molecule has 17 heavy (non-hydrogen) atoms. The molecule has 3 heteroatoms. The number of rotatable bonds is 3. The Hall–Kier alpha value is -0.930. The summed E-state index contributed by atoms with van der Waals surface area (Å²) >= 11 is 0. The molecule has 0 radical (unpaired) electrons. The lowest BCUT2D eigenvalue weighted by atomic mass is 9.74. The number of nitrogens with zero attached hydrogens (tertiary/aromatic N) is 1. The van der Waals surface area contributed by atoms with Crippen LogP contribution in [0.5, 0.6) is 0 Å². The molecule has 1 unspecified atom stereocenters. The minimum Gasteiger partial charge on any atom is -0.375 e. The fourth-order valence-corrected chi connectivity index (χ4v) is 2.89. The third-order valence-electron chi connectivity index (χ3n) is 4.08. The van der Waals surface area contributed by atoms with Gasteiger partial charge >= 0.3 is 0 Å². The summed E-state index contributed by atoms with van der Waals surface area (Å²) in [4.78, 5) is 4.14. The maximum Gasteiger partial charge on any atom is 0.0697 e. The number of pyridine rings is 1. The molecule has 1 aliphatic carbocycles. The summed E-state index contributed by atoms with van der Waals surface area (Å²) < 4.78 is 5.93. The molecule has 3 nitrogen and oxygen atoms in total. The van der Waals surface area contributed by atoms with Crippen molar-refractivity contribution < 1.29 is 4.74 Å². The molecule has 1 aromatic rings. The van der Waals surface area contributed by atoms with Crippen LogP contribution in [0.3, 0.4) is 0 Å². The van der Waals surface area contributed by atoms with Gasteiger partial charge < -0.3 is 10.1 Å². The van der Waals surface area contributed by atoms with Gasteiger partial charge in [-0.3, -0.25) is 4.98 Å². The van der Waals surface area contributed by atoms with Crippen molar-refractivity contribution in [3.05, 3.63) is 30.1 Å². The van der Waals surface area contributed by atoms with Crippen LogP contribution in [-0.2, 0) is 11.3 Å². The van der Waals surface area contributed by atoms with Crippen LogP contribution in [0.4, 0.5) is 0 Å². The first kappa shape index (κ1) is 11.2. The van der Waals surface area contributed by atoms with Crippen molar-refractivity contribution >= 4 is 0 Å². The number of hydrogen-bond donors (Lipinski definition) is 1. The van der Waals surface area contributed by atoms with Crippen molar-refractivity contribution in [2.24, 2.45) is 0 Å². The van der Waals surface area contributed by atoms with Crippen molar-refractivity contribution in [1.82, 2.24) is 10.3 Å². The van der Waals surface area contributed by atoms with E-state index >= 15 is 0 Å². The zero-order chi connectivity index (χ0) is 11.6. The predicted octanol–water partition coefficient (Wildman–Crippen LogP) is 2.27. The van der Waals surface area contributed by atoms with Gasteiger partial charge in [-0.15, -0.1) is 0 Å². The Morgan fingerprint density at radius 3 is 3.12 bits per heavy atom. The van der Waals surface area contributed by atoms with Crippen LogP contribution in [-0.4, -0.2) is 23.2 Å². The summed E-state index contributed by atoms with van der Waals surface area (Å²) in [7, 11) is 0. The molecule has 1 aliphatic heterocycles. The second-order valence-corrected chi connectivity index (χ2v) is 5.32. The van der Waals surface area contributed by atoms with Crippen LogP contribution in [0.15, 0.2) is 24.5 Å². The number of nitrogens with one attached hydrogen (secondary N) is 1. The lowest BCUT2D eigenvalue weighted by Gasteiger charge is -2.47. The van der Waals surface area contributed by atoms with Crippen LogP contribution >= 0.6 is 0 Å². The molecular formula is C14H20N2O. The van der Waals surface area contributed by atoms with Crippen molar-refractivity contribution in [3.8, 4) is 0 Å². The Labute approximate surface area is 103 Å². The molecule has 1 aromatic heterocycles. The lowest BCUT2D eigenvalue weighted by molar-refractivity contribution is -0.135. The van der Waals surface area contributed by atoms with E-state index in [-0.39, 0.29) is 5.60 Å². The normalized spacial score (nSPS) is 26.7. The molecule has 2 heterocycles. The fourth-order valence-electron chi connectivity index (χ4n) is 2.89. The van der Waals surface area contributed by atoms with Crippen molar-refractivity contribution in [3.63, 3.8) is 0 Å². The predicted molar refractivity (Wildman–Crippen MR) is 66.6 cm³/mol. The standard InChI is InChI=1S/C14H20N2O/c1-3-12(10-15-7-1)11-16-13-4-8-17-14(9-13)5-2-6-14/h1,3,7,10,13,16H,2,4-6,8-9,11H2.